The molecule has 0 aliphatic carbocycles. The van der Waals surface area contributed by atoms with Crippen molar-refractivity contribution in [3.8, 4) is 0 Å². The number of aryl methyl sites for hydroxylation is 1. The molecule has 1 N–H and O–H groups in total. The van der Waals surface area contributed by atoms with Gasteiger partial charge in [0.05, 0.1) is 5.56 Å². The van der Waals surface area contributed by atoms with Crippen molar-refractivity contribution >= 4 is 39.8 Å². The van der Waals surface area contributed by atoms with Gasteiger partial charge in [0.25, 0.3) is 5.91 Å². The summed E-state index contributed by atoms with van der Waals surface area (Å²) in [5, 5.41) is 5.87. The number of carbonyl (C=O) groups excluding carboxylic acids is 1. The van der Waals surface area contributed by atoms with Gasteiger partial charge in [-0.15, -0.1) is 0 Å². The van der Waals surface area contributed by atoms with Crippen LogP contribution in [0.4, 0.5) is 11.5 Å². The zero-order chi connectivity index (χ0) is 23.5. The highest BCUT2D eigenvalue weighted by Crippen LogP contribution is 2.29. The molecule has 0 saturated carbocycles. The molecule has 1 fully saturated rings. The van der Waals surface area contributed by atoms with E-state index >= 15 is 0 Å². The molecule has 0 atom stereocenters. The van der Waals surface area contributed by atoms with E-state index in [0.29, 0.717) is 29.5 Å². The summed E-state index contributed by atoms with van der Waals surface area (Å²) < 4.78 is 0. The first-order valence-corrected chi connectivity index (χ1v) is 11.9. The Morgan fingerprint density at radius 2 is 1.65 bits per heavy atom. The van der Waals surface area contributed by atoms with Crippen molar-refractivity contribution < 1.29 is 4.79 Å². The Labute approximate surface area is 205 Å². The van der Waals surface area contributed by atoms with Gasteiger partial charge in [0, 0.05) is 55.0 Å². The topological polar surface area (TPSA) is 48.5 Å². The average Bonchev–Trinajstić information content (AvgIpc) is 2.87. The lowest BCUT2D eigenvalue weighted by Crippen LogP contribution is -2.48. The number of nitrogens with one attached hydrogen (secondary N) is 1. The predicted molar refractivity (Wildman–Crippen MR) is 139 cm³/mol. The fraction of sp³-hybridized carbons (Fsp3) is 0.214. The molecule has 1 amide bonds. The number of fused-ring (bicyclic) bond motifs is 1. The third-order valence-corrected chi connectivity index (χ3v) is 6.78. The molecule has 172 valence electrons. The first-order valence-electron chi connectivity index (χ1n) is 11.5. The molecule has 3 aromatic carbocycles. The van der Waals surface area contributed by atoms with Crippen LogP contribution in [0.15, 0.2) is 79.0 Å². The molecule has 4 aromatic rings. The number of nitrogens with zero attached hydrogens (tertiary/aromatic N) is 3. The fourth-order valence-corrected chi connectivity index (χ4v) is 4.57. The summed E-state index contributed by atoms with van der Waals surface area (Å²) >= 11 is 6.29. The fourth-order valence-electron chi connectivity index (χ4n) is 4.39. The Morgan fingerprint density at radius 1 is 0.941 bits per heavy atom. The molecule has 1 aromatic heterocycles. The molecule has 6 heteroatoms. The van der Waals surface area contributed by atoms with Gasteiger partial charge < -0.3 is 10.2 Å². The Balaban J connectivity index is 1.33. The lowest BCUT2D eigenvalue weighted by Gasteiger charge is -2.35. The molecule has 0 unspecified atom stereocenters. The Morgan fingerprint density at radius 3 is 2.38 bits per heavy atom. The highest BCUT2D eigenvalue weighted by atomic mass is 35.5. The van der Waals surface area contributed by atoms with Crippen molar-refractivity contribution in [1.29, 1.82) is 0 Å². The molecule has 34 heavy (non-hydrogen) atoms. The molecule has 2 heterocycles. The van der Waals surface area contributed by atoms with E-state index in [0.717, 1.165) is 41.7 Å². The number of amides is 1. The van der Waals surface area contributed by atoms with E-state index in [1.807, 2.05) is 60.4 Å². The quantitative estimate of drug-likeness (QED) is 0.394. The van der Waals surface area contributed by atoms with Gasteiger partial charge in [-0.25, -0.2) is 4.98 Å². The third-order valence-electron chi connectivity index (χ3n) is 6.37. The minimum Gasteiger partial charge on any atom is -0.340 e. The standard InChI is InChI=1S/C28H27ClN4O/c1-20-11-12-22(17-26(20)29)31-27-24-10-6-5-9-23(24)25(18-30-27)28(34)33-15-13-32(14-16-33)19-21-7-3-2-4-8-21/h2-12,17-18H,13-16,19H2,1H3,(H,30,31). The largest absolute Gasteiger partial charge is 0.340 e. The second kappa shape index (κ2) is 9.84. The van der Waals surface area contributed by atoms with Gasteiger partial charge in [-0.1, -0.05) is 72.3 Å². The van der Waals surface area contributed by atoms with Gasteiger partial charge >= 0.3 is 0 Å². The predicted octanol–water partition coefficient (Wildman–Crippen LogP) is 5.90. The van der Waals surface area contributed by atoms with E-state index < -0.39 is 0 Å². The first kappa shape index (κ1) is 22.4. The monoisotopic (exact) mass is 470 g/mol. The van der Waals surface area contributed by atoms with E-state index in [1.165, 1.54) is 5.56 Å². The maximum Gasteiger partial charge on any atom is 0.256 e. The lowest BCUT2D eigenvalue weighted by atomic mass is 10.1. The summed E-state index contributed by atoms with van der Waals surface area (Å²) in [4.78, 5) is 22.4. The van der Waals surface area contributed by atoms with Crippen LogP contribution < -0.4 is 5.32 Å². The Bertz CT molecular complexity index is 1320. The van der Waals surface area contributed by atoms with E-state index in [2.05, 4.69) is 39.5 Å². The maximum atomic E-state index is 13.5. The van der Waals surface area contributed by atoms with Crippen molar-refractivity contribution in [1.82, 2.24) is 14.8 Å². The molecule has 5 nitrogen and oxygen atoms in total. The zero-order valence-electron chi connectivity index (χ0n) is 19.2. The number of pyridine rings is 1. The van der Waals surface area contributed by atoms with Crippen LogP contribution in [-0.2, 0) is 6.54 Å². The van der Waals surface area contributed by atoms with Gasteiger partial charge in [-0.05, 0) is 35.6 Å². The van der Waals surface area contributed by atoms with Crippen molar-refractivity contribution in [2.24, 2.45) is 0 Å². The van der Waals surface area contributed by atoms with Crippen LogP contribution in [0, 0.1) is 6.92 Å². The minimum absolute atomic E-state index is 0.0352. The summed E-state index contributed by atoms with van der Waals surface area (Å²) in [5.41, 5.74) is 3.83. The first-order chi connectivity index (χ1) is 16.6. The average molecular weight is 471 g/mol. The molecular formula is C28H27ClN4O. The van der Waals surface area contributed by atoms with Crippen LogP contribution in [0.3, 0.4) is 0 Å². The maximum absolute atomic E-state index is 13.5. The number of benzene rings is 3. The van der Waals surface area contributed by atoms with Crippen LogP contribution in [0.1, 0.15) is 21.5 Å². The highest BCUT2D eigenvalue weighted by molar-refractivity contribution is 6.31. The number of hydrogen-bond donors (Lipinski definition) is 1. The van der Waals surface area contributed by atoms with E-state index in [-0.39, 0.29) is 5.91 Å². The smallest absolute Gasteiger partial charge is 0.256 e. The molecule has 0 bridgehead atoms. The van der Waals surface area contributed by atoms with E-state index in [4.69, 9.17) is 11.6 Å². The van der Waals surface area contributed by atoms with Gasteiger partial charge in [0.15, 0.2) is 0 Å². The SMILES string of the molecule is Cc1ccc(Nc2ncc(C(=O)N3CCN(Cc4ccccc4)CC3)c3ccccc23)cc1Cl. The van der Waals surface area contributed by atoms with Crippen LogP contribution in [0.25, 0.3) is 10.8 Å². The number of carbonyl (C=O) groups is 1. The van der Waals surface area contributed by atoms with Gasteiger partial charge in [-0.3, -0.25) is 9.69 Å². The van der Waals surface area contributed by atoms with E-state index in [9.17, 15) is 4.79 Å². The molecule has 1 aliphatic heterocycles. The molecule has 1 aliphatic rings. The number of piperazine rings is 1. The van der Waals surface area contributed by atoms with Crippen molar-refractivity contribution in [3.05, 3.63) is 101 Å². The zero-order valence-corrected chi connectivity index (χ0v) is 19.9. The third kappa shape index (κ3) is 4.76. The number of hydrogen-bond acceptors (Lipinski definition) is 4. The summed E-state index contributed by atoms with van der Waals surface area (Å²) in [7, 11) is 0. The summed E-state index contributed by atoms with van der Waals surface area (Å²) in [6.45, 7) is 6.03. The molecule has 5 rings (SSSR count). The Hall–Kier alpha value is -3.41. The molecular weight excluding hydrogens is 444 g/mol. The van der Waals surface area contributed by atoms with Crippen LogP contribution in [-0.4, -0.2) is 46.9 Å². The van der Waals surface area contributed by atoms with Gasteiger partial charge in [-0.2, -0.15) is 0 Å². The molecule has 0 spiro atoms. The number of rotatable bonds is 5. The second-order valence-corrected chi connectivity index (χ2v) is 9.12. The van der Waals surface area contributed by atoms with Gasteiger partial charge in [0.2, 0.25) is 0 Å². The summed E-state index contributed by atoms with van der Waals surface area (Å²) in [6, 6.07) is 24.2. The number of halogens is 1. The highest BCUT2D eigenvalue weighted by Gasteiger charge is 2.24. The van der Waals surface area contributed by atoms with Crippen LogP contribution in [0.2, 0.25) is 5.02 Å². The summed E-state index contributed by atoms with van der Waals surface area (Å²) in [5.74, 6) is 0.743. The van der Waals surface area contributed by atoms with Crippen molar-refractivity contribution in [2.45, 2.75) is 13.5 Å². The van der Waals surface area contributed by atoms with Crippen LogP contribution >= 0.6 is 11.6 Å². The number of anilines is 2. The van der Waals surface area contributed by atoms with Crippen molar-refractivity contribution in [3.63, 3.8) is 0 Å². The van der Waals surface area contributed by atoms with E-state index in [1.54, 1.807) is 6.20 Å². The summed E-state index contributed by atoms with van der Waals surface area (Å²) in [6.07, 6.45) is 1.69. The second-order valence-electron chi connectivity index (χ2n) is 8.71. The minimum atomic E-state index is 0.0352. The Kier molecular flexibility index (Phi) is 6.48. The number of aromatic nitrogens is 1. The molecule has 1 saturated heterocycles. The lowest BCUT2D eigenvalue weighted by molar-refractivity contribution is 0.0630. The normalized spacial score (nSPS) is 14.4. The van der Waals surface area contributed by atoms with Gasteiger partial charge in [0.1, 0.15) is 5.82 Å². The van der Waals surface area contributed by atoms with Crippen molar-refractivity contribution in [2.75, 3.05) is 31.5 Å². The molecule has 0 radical (unpaired) electrons. The van der Waals surface area contributed by atoms with Crippen LogP contribution in [0.5, 0.6) is 0 Å².